The normalized spacial score (nSPS) is 12.3. The molecule has 0 aromatic carbocycles. The first-order chi connectivity index (χ1) is 6.96. The molecule has 0 amide bonds. The van der Waals surface area contributed by atoms with E-state index < -0.39 is 18.4 Å². The van der Waals surface area contributed by atoms with Crippen molar-refractivity contribution in [2.45, 2.75) is 12.6 Å². The minimum absolute atomic E-state index is 0.0722. The Balaban J connectivity index is 2.48. The number of imidazole rings is 1. The van der Waals surface area contributed by atoms with Crippen molar-refractivity contribution in [2.24, 2.45) is 0 Å². The first kappa shape index (κ1) is 9.95. The molecular weight excluding hydrogens is 212 g/mol. The topological polar surface area (TPSA) is 17.3 Å². The van der Waals surface area contributed by atoms with Crippen LogP contribution >= 0.6 is 0 Å². The van der Waals surface area contributed by atoms with Crippen LogP contribution in [0.25, 0.3) is 5.65 Å². The molecule has 80 valence electrons. The van der Waals surface area contributed by atoms with Gasteiger partial charge in [-0.05, 0) is 12.1 Å². The standard InChI is InChI=1S/C9H6F4N2/c10-6-1-2-8-14-4-7(15(8)5-6)3-9(11,12)13/h1-2,4-5H,3H2. The third kappa shape index (κ3) is 2.08. The van der Waals surface area contributed by atoms with E-state index in [1.807, 2.05) is 0 Å². The highest BCUT2D eigenvalue weighted by Gasteiger charge is 2.29. The predicted molar refractivity (Wildman–Crippen MR) is 44.9 cm³/mol. The second-order valence-electron chi connectivity index (χ2n) is 3.12. The number of hydrogen-bond donors (Lipinski definition) is 0. The van der Waals surface area contributed by atoms with Gasteiger partial charge in [0.15, 0.2) is 0 Å². The Hall–Kier alpha value is -1.59. The van der Waals surface area contributed by atoms with Gasteiger partial charge in [-0.3, -0.25) is 0 Å². The number of hydrogen-bond acceptors (Lipinski definition) is 1. The van der Waals surface area contributed by atoms with Crippen LogP contribution in [0, 0.1) is 5.82 Å². The number of aromatic nitrogens is 2. The highest BCUT2D eigenvalue weighted by atomic mass is 19.4. The Morgan fingerprint density at radius 3 is 2.67 bits per heavy atom. The maximum absolute atomic E-state index is 12.8. The monoisotopic (exact) mass is 218 g/mol. The van der Waals surface area contributed by atoms with Crippen molar-refractivity contribution in [1.82, 2.24) is 9.38 Å². The molecule has 0 saturated carbocycles. The molecule has 0 bridgehead atoms. The summed E-state index contributed by atoms with van der Waals surface area (Å²) in [6.07, 6.45) is -3.34. The summed E-state index contributed by atoms with van der Waals surface area (Å²) in [5.74, 6) is -0.594. The first-order valence-electron chi connectivity index (χ1n) is 4.14. The van der Waals surface area contributed by atoms with Crippen LogP contribution in [0.3, 0.4) is 0 Å². The van der Waals surface area contributed by atoms with E-state index in [1.165, 1.54) is 6.07 Å². The molecule has 2 nitrogen and oxygen atoms in total. The summed E-state index contributed by atoms with van der Waals surface area (Å²) in [6.45, 7) is 0. The van der Waals surface area contributed by atoms with E-state index in [-0.39, 0.29) is 5.69 Å². The zero-order chi connectivity index (χ0) is 11.1. The van der Waals surface area contributed by atoms with Crippen molar-refractivity contribution in [3.63, 3.8) is 0 Å². The van der Waals surface area contributed by atoms with Crippen LogP contribution in [0.1, 0.15) is 5.69 Å². The summed E-state index contributed by atoms with van der Waals surface area (Å²) in [4.78, 5) is 3.74. The van der Waals surface area contributed by atoms with Gasteiger partial charge < -0.3 is 4.40 Å². The van der Waals surface area contributed by atoms with E-state index in [9.17, 15) is 17.6 Å². The molecule has 6 heteroatoms. The summed E-state index contributed by atoms with van der Waals surface area (Å²) < 4.78 is 50.2. The van der Waals surface area contributed by atoms with Crippen LogP contribution in [0.5, 0.6) is 0 Å². The van der Waals surface area contributed by atoms with Crippen molar-refractivity contribution < 1.29 is 17.6 Å². The SMILES string of the molecule is Fc1ccc2ncc(CC(F)(F)F)n2c1. The number of alkyl halides is 3. The van der Waals surface area contributed by atoms with Crippen molar-refractivity contribution in [2.75, 3.05) is 0 Å². The van der Waals surface area contributed by atoms with E-state index in [1.54, 1.807) is 0 Å². The summed E-state index contributed by atoms with van der Waals surface area (Å²) in [6, 6.07) is 2.48. The third-order valence-electron chi connectivity index (χ3n) is 1.93. The van der Waals surface area contributed by atoms with Gasteiger partial charge in [-0.25, -0.2) is 9.37 Å². The minimum Gasteiger partial charge on any atom is -0.301 e. The van der Waals surface area contributed by atoms with Crippen LogP contribution in [0.15, 0.2) is 24.5 Å². The average molecular weight is 218 g/mol. The zero-order valence-corrected chi connectivity index (χ0v) is 7.42. The van der Waals surface area contributed by atoms with E-state index >= 15 is 0 Å². The van der Waals surface area contributed by atoms with Crippen molar-refractivity contribution >= 4 is 5.65 Å². The highest BCUT2D eigenvalue weighted by molar-refractivity contribution is 5.40. The number of fused-ring (bicyclic) bond motifs is 1. The van der Waals surface area contributed by atoms with Crippen LogP contribution in [-0.4, -0.2) is 15.6 Å². The maximum Gasteiger partial charge on any atom is 0.394 e. The fraction of sp³-hybridized carbons (Fsp3) is 0.222. The molecule has 0 aliphatic rings. The molecule has 0 N–H and O–H groups in total. The van der Waals surface area contributed by atoms with Gasteiger partial charge in [-0.2, -0.15) is 13.2 Å². The Kier molecular flexibility index (Phi) is 2.13. The Bertz CT molecular complexity index is 486. The van der Waals surface area contributed by atoms with Gasteiger partial charge in [0.25, 0.3) is 0 Å². The molecule has 2 aromatic rings. The quantitative estimate of drug-likeness (QED) is 0.672. The smallest absolute Gasteiger partial charge is 0.301 e. The van der Waals surface area contributed by atoms with Crippen molar-refractivity contribution in [3.8, 4) is 0 Å². The summed E-state index contributed by atoms with van der Waals surface area (Å²) >= 11 is 0. The summed E-state index contributed by atoms with van der Waals surface area (Å²) in [5.41, 5.74) is 0.229. The van der Waals surface area contributed by atoms with Crippen molar-refractivity contribution in [1.29, 1.82) is 0 Å². The number of pyridine rings is 1. The molecule has 0 spiro atoms. The molecule has 15 heavy (non-hydrogen) atoms. The molecule has 0 fully saturated rings. The molecule has 0 aliphatic carbocycles. The van der Waals surface area contributed by atoms with Gasteiger partial charge in [0.2, 0.25) is 0 Å². The molecule has 2 heterocycles. The maximum atomic E-state index is 12.8. The van der Waals surface area contributed by atoms with Gasteiger partial charge in [-0.1, -0.05) is 0 Å². The zero-order valence-electron chi connectivity index (χ0n) is 7.42. The highest BCUT2D eigenvalue weighted by Crippen LogP contribution is 2.21. The first-order valence-corrected chi connectivity index (χ1v) is 4.14. The van der Waals surface area contributed by atoms with Gasteiger partial charge in [0, 0.05) is 12.4 Å². The number of rotatable bonds is 1. The fourth-order valence-electron chi connectivity index (χ4n) is 1.34. The van der Waals surface area contributed by atoms with Gasteiger partial charge >= 0.3 is 6.18 Å². The molecule has 2 rings (SSSR count). The summed E-state index contributed by atoms with van der Waals surface area (Å²) in [7, 11) is 0. The Morgan fingerprint density at radius 1 is 1.27 bits per heavy atom. The second kappa shape index (κ2) is 3.22. The molecule has 0 atom stereocenters. The molecule has 0 aliphatic heterocycles. The van der Waals surface area contributed by atoms with E-state index in [2.05, 4.69) is 4.98 Å². The molecule has 2 aromatic heterocycles. The third-order valence-corrected chi connectivity index (χ3v) is 1.93. The lowest BCUT2D eigenvalue weighted by atomic mass is 10.3. The van der Waals surface area contributed by atoms with Crippen LogP contribution in [-0.2, 0) is 6.42 Å². The minimum atomic E-state index is -4.32. The molecule has 0 radical (unpaired) electrons. The van der Waals surface area contributed by atoms with Crippen LogP contribution < -0.4 is 0 Å². The van der Waals surface area contributed by atoms with E-state index in [0.717, 1.165) is 22.9 Å². The lowest BCUT2D eigenvalue weighted by molar-refractivity contribution is -0.127. The molecule has 0 unspecified atom stereocenters. The van der Waals surface area contributed by atoms with E-state index in [4.69, 9.17) is 0 Å². The predicted octanol–water partition coefficient (Wildman–Crippen LogP) is 2.58. The lowest BCUT2D eigenvalue weighted by Crippen LogP contribution is -2.13. The van der Waals surface area contributed by atoms with E-state index in [0.29, 0.717) is 5.65 Å². The van der Waals surface area contributed by atoms with Gasteiger partial charge in [0.1, 0.15) is 11.5 Å². The van der Waals surface area contributed by atoms with Crippen LogP contribution in [0.2, 0.25) is 0 Å². The second-order valence-corrected chi connectivity index (χ2v) is 3.12. The van der Waals surface area contributed by atoms with Gasteiger partial charge in [-0.15, -0.1) is 0 Å². The lowest BCUT2D eigenvalue weighted by Gasteiger charge is -2.05. The average Bonchev–Trinajstić information content (AvgIpc) is 2.46. The largest absolute Gasteiger partial charge is 0.394 e. The Morgan fingerprint density at radius 2 is 2.00 bits per heavy atom. The van der Waals surface area contributed by atoms with Crippen molar-refractivity contribution in [3.05, 3.63) is 36.0 Å². The van der Waals surface area contributed by atoms with Gasteiger partial charge in [0.05, 0.1) is 12.1 Å². The number of halogens is 4. The summed E-state index contributed by atoms with van der Waals surface area (Å²) in [5, 5.41) is 0. The number of nitrogens with zero attached hydrogens (tertiary/aromatic N) is 2. The Labute approximate surface area is 82.2 Å². The molecule has 0 saturated heterocycles. The van der Waals surface area contributed by atoms with Crippen LogP contribution in [0.4, 0.5) is 17.6 Å². The molecular formula is C9H6F4N2. The fourth-order valence-corrected chi connectivity index (χ4v) is 1.34.